The van der Waals surface area contributed by atoms with Gasteiger partial charge in [-0.25, -0.2) is 4.79 Å². The number of benzene rings is 2. The lowest BCUT2D eigenvalue weighted by atomic mass is 9.85. The van der Waals surface area contributed by atoms with Crippen molar-refractivity contribution in [1.82, 2.24) is 4.98 Å². The maximum absolute atomic E-state index is 12.7. The Labute approximate surface area is 145 Å². The molecule has 5 nitrogen and oxygen atoms in total. The second-order valence-corrected chi connectivity index (χ2v) is 5.82. The van der Waals surface area contributed by atoms with Crippen LogP contribution in [-0.2, 0) is 15.1 Å². The van der Waals surface area contributed by atoms with Gasteiger partial charge in [-0.2, -0.15) is 5.26 Å². The number of nitriles is 1. The maximum Gasteiger partial charge on any atom is 0.347 e. The Bertz CT molecular complexity index is 967. The van der Waals surface area contributed by atoms with Crippen molar-refractivity contribution >= 4 is 16.9 Å². The lowest BCUT2D eigenvalue weighted by Crippen LogP contribution is -2.38. The number of carbonyl (C=O) groups excluding carboxylic acids is 1. The molecule has 0 aliphatic heterocycles. The number of aliphatic hydroxyl groups is 1. The number of H-pyrrole nitrogens is 1. The van der Waals surface area contributed by atoms with E-state index >= 15 is 0 Å². The first-order chi connectivity index (χ1) is 12.0. The summed E-state index contributed by atoms with van der Waals surface area (Å²) >= 11 is 0. The largest absolute Gasteiger partial charge is 0.463 e. The van der Waals surface area contributed by atoms with E-state index in [2.05, 4.69) is 4.98 Å². The monoisotopic (exact) mass is 334 g/mol. The number of nitrogens with zero attached hydrogens (tertiary/aromatic N) is 1. The fourth-order valence-corrected chi connectivity index (χ4v) is 3.01. The van der Waals surface area contributed by atoms with Crippen LogP contribution in [0.4, 0.5) is 0 Å². The van der Waals surface area contributed by atoms with Gasteiger partial charge in [0.15, 0.2) is 0 Å². The summed E-state index contributed by atoms with van der Waals surface area (Å²) in [5.41, 5.74) is 1.13. The number of fused-ring (bicyclic) bond motifs is 1. The van der Waals surface area contributed by atoms with Gasteiger partial charge in [-0.3, -0.25) is 0 Å². The highest BCUT2D eigenvalue weighted by molar-refractivity contribution is 5.95. The number of rotatable bonds is 4. The number of esters is 1. The van der Waals surface area contributed by atoms with E-state index in [1.165, 1.54) is 0 Å². The van der Waals surface area contributed by atoms with Crippen LogP contribution in [0.15, 0.2) is 48.7 Å². The van der Waals surface area contributed by atoms with Gasteiger partial charge in [0.25, 0.3) is 0 Å². The van der Waals surface area contributed by atoms with Gasteiger partial charge < -0.3 is 14.8 Å². The molecule has 1 heterocycles. The number of hydrogen-bond donors (Lipinski definition) is 2. The van der Waals surface area contributed by atoms with Crippen LogP contribution >= 0.6 is 0 Å². The molecule has 0 fully saturated rings. The summed E-state index contributed by atoms with van der Waals surface area (Å²) < 4.78 is 5.15. The van der Waals surface area contributed by atoms with Crippen molar-refractivity contribution in [2.24, 2.45) is 0 Å². The van der Waals surface area contributed by atoms with E-state index in [0.29, 0.717) is 16.7 Å². The van der Waals surface area contributed by atoms with Gasteiger partial charge in [0.05, 0.1) is 18.2 Å². The summed E-state index contributed by atoms with van der Waals surface area (Å²) in [6.07, 6.45) is 1.63. The zero-order chi connectivity index (χ0) is 18.0. The van der Waals surface area contributed by atoms with Crippen LogP contribution in [0.25, 0.3) is 10.9 Å². The van der Waals surface area contributed by atoms with Crippen LogP contribution in [-0.4, -0.2) is 22.7 Å². The molecule has 1 aromatic heterocycles. The first-order valence-electron chi connectivity index (χ1n) is 7.99. The number of aromatic nitrogens is 1. The second-order valence-electron chi connectivity index (χ2n) is 5.82. The molecule has 3 rings (SSSR count). The number of aromatic amines is 1. The molecule has 0 bridgehead atoms. The molecule has 3 aromatic rings. The summed E-state index contributed by atoms with van der Waals surface area (Å²) in [5, 5.41) is 21.1. The average molecular weight is 334 g/mol. The molecule has 0 aliphatic rings. The van der Waals surface area contributed by atoms with Gasteiger partial charge in [0.2, 0.25) is 5.60 Å². The molecule has 0 aliphatic carbocycles. The van der Waals surface area contributed by atoms with E-state index in [1.54, 1.807) is 37.4 Å². The minimum Gasteiger partial charge on any atom is -0.463 e. The SMILES string of the molecule is CCOC(=O)C(O)(c1ccc(C#N)cc1)c1c[nH]c2c(C)cccc12. The summed E-state index contributed by atoms with van der Waals surface area (Å²) in [6.45, 7) is 3.79. The highest BCUT2D eigenvalue weighted by Crippen LogP contribution is 2.36. The molecule has 2 N–H and O–H groups in total. The molecule has 5 heteroatoms. The highest BCUT2D eigenvalue weighted by atomic mass is 16.5. The molecule has 0 radical (unpaired) electrons. The van der Waals surface area contributed by atoms with Gasteiger partial charge in [-0.05, 0) is 37.1 Å². The molecule has 0 amide bonds. The van der Waals surface area contributed by atoms with Gasteiger partial charge in [-0.15, -0.1) is 0 Å². The first kappa shape index (κ1) is 16.7. The molecule has 25 heavy (non-hydrogen) atoms. The predicted molar refractivity (Wildman–Crippen MR) is 93.8 cm³/mol. The Balaban J connectivity index is 2.25. The zero-order valence-electron chi connectivity index (χ0n) is 14.0. The van der Waals surface area contributed by atoms with E-state index in [-0.39, 0.29) is 6.61 Å². The lowest BCUT2D eigenvalue weighted by molar-refractivity contribution is -0.161. The van der Waals surface area contributed by atoms with Crippen LogP contribution < -0.4 is 0 Å². The Kier molecular flexibility index (Phi) is 4.30. The minimum atomic E-state index is -1.96. The predicted octanol–water partition coefficient (Wildman–Crippen LogP) is 3.15. The molecular weight excluding hydrogens is 316 g/mol. The van der Waals surface area contributed by atoms with Crippen LogP contribution in [0.1, 0.15) is 29.2 Å². The lowest BCUT2D eigenvalue weighted by Gasteiger charge is -2.26. The standard InChI is InChI=1S/C20H18N2O3/c1-3-25-19(23)20(24,15-9-7-14(11-21)8-10-15)17-12-22-18-13(2)5-4-6-16(17)18/h4-10,12,22,24H,3H2,1-2H3. The smallest absolute Gasteiger partial charge is 0.347 e. The Hall–Kier alpha value is -3.10. The Morgan fingerprint density at radius 1 is 1.28 bits per heavy atom. The van der Waals surface area contributed by atoms with Crippen molar-refractivity contribution in [3.63, 3.8) is 0 Å². The number of aryl methyl sites for hydroxylation is 1. The van der Waals surface area contributed by atoms with Gasteiger partial charge >= 0.3 is 5.97 Å². The van der Waals surface area contributed by atoms with Gasteiger partial charge in [0, 0.05) is 22.7 Å². The van der Waals surface area contributed by atoms with Crippen LogP contribution in [0.2, 0.25) is 0 Å². The average Bonchev–Trinajstić information content (AvgIpc) is 3.07. The molecule has 126 valence electrons. The van der Waals surface area contributed by atoms with E-state index in [0.717, 1.165) is 16.5 Å². The van der Waals surface area contributed by atoms with E-state index in [9.17, 15) is 9.90 Å². The van der Waals surface area contributed by atoms with Crippen molar-refractivity contribution in [3.05, 3.63) is 70.9 Å². The zero-order valence-corrected chi connectivity index (χ0v) is 14.0. The molecule has 0 spiro atoms. The van der Waals surface area contributed by atoms with Crippen molar-refractivity contribution < 1.29 is 14.6 Å². The third kappa shape index (κ3) is 2.67. The first-order valence-corrected chi connectivity index (χ1v) is 7.99. The van der Waals surface area contributed by atoms with Crippen LogP contribution in [0, 0.1) is 18.3 Å². The summed E-state index contributed by atoms with van der Waals surface area (Å²) in [7, 11) is 0. The quantitative estimate of drug-likeness (QED) is 0.718. The molecule has 1 atom stereocenters. The topological polar surface area (TPSA) is 86.1 Å². The number of ether oxygens (including phenoxy) is 1. The van der Waals surface area contributed by atoms with Crippen molar-refractivity contribution in [3.8, 4) is 6.07 Å². The maximum atomic E-state index is 12.7. The van der Waals surface area contributed by atoms with Gasteiger partial charge in [-0.1, -0.05) is 30.3 Å². The van der Waals surface area contributed by atoms with Crippen LogP contribution in [0.3, 0.4) is 0 Å². The molecule has 1 unspecified atom stereocenters. The summed E-state index contributed by atoms with van der Waals surface area (Å²) in [5.74, 6) is -0.748. The number of hydrogen-bond acceptors (Lipinski definition) is 4. The third-order valence-corrected chi connectivity index (χ3v) is 4.32. The fraction of sp³-hybridized carbons (Fsp3) is 0.200. The van der Waals surface area contributed by atoms with E-state index in [1.807, 2.05) is 31.2 Å². The number of nitrogens with one attached hydrogen (secondary N) is 1. The van der Waals surface area contributed by atoms with Crippen molar-refractivity contribution in [1.29, 1.82) is 5.26 Å². The highest BCUT2D eigenvalue weighted by Gasteiger charge is 2.43. The summed E-state index contributed by atoms with van der Waals surface area (Å²) in [6, 6.07) is 14.0. The number of para-hydroxylation sites is 1. The molecule has 0 saturated carbocycles. The van der Waals surface area contributed by atoms with Crippen LogP contribution in [0.5, 0.6) is 0 Å². The second kappa shape index (κ2) is 6.42. The van der Waals surface area contributed by atoms with E-state index < -0.39 is 11.6 Å². The fourth-order valence-electron chi connectivity index (χ4n) is 3.01. The minimum absolute atomic E-state index is 0.152. The Morgan fingerprint density at radius 3 is 2.64 bits per heavy atom. The molecule has 2 aromatic carbocycles. The van der Waals surface area contributed by atoms with Gasteiger partial charge in [0.1, 0.15) is 0 Å². The van der Waals surface area contributed by atoms with E-state index in [4.69, 9.17) is 10.00 Å². The van der Waals surface area contributed by atoms with Crippen molar-refractivity contribution in [2.75, 3.05) is 6.61 Å². The number of carbonyl (C=O) groups is 1. The third-order valence-electron chi connectivity index (χ3n) is 4.32. The molecule has 0 saturated heterocycles. The normalized spacial score (nSPS) is 13.2. The molecular formula is C20H18N2O3. The Morgan fingerprint density at radius 2 is 2.00 bits per heavy atom. The van der Waals surface area contributed by atoms with Crippen molar-refractivity contribution in [2.45, 2.75) is 19.4 Å². The summed E-state index contributed by atoms with van der Waals surface area (Å²) in [4.78, 5) is 15.8.